The third-order valence-corrected chi connectivity index (χ3v) is 2.00. The Morgan fingerprint density at radius 3 is 3.00 bits per heavy atom. The van der Waals surface area contributed by atoms with Gasteiger partial charge in [-0.05, 0) is 13.8 Å². The Morgan fingerprint density at radius 2 is 2.38 bits per heavy atom. The second kappa shape index (κ2) is 5.19. The molecule has 1 fully saturated rings. The first-order valence-electron chi connectivity index (χ1n) is 4.80. The van der Waals surface area contributed by atoms with Crippen molar-refractivity contribution in [3.8, 4) is 0 Å². The van der Waals surface area contributed by atoms with E-state index in [1.807, 2.05) is 18.7 Å². The van der Waals surface area contributed by atoms with E-state index in [1.165, 1.54) is 0 Å². The highest BCUT2D eigenvalue weighted by molar-refractivity contribution is 5.78. The van der Waals surface area contributed by atoms with Crippen LogP contribution in [0.15, 0.2) is 0 Å². The maximum absolute atomic E-state index is 11.3. The molecule has 1 aliphatic rings. The van der Waals surface area contributed by atoms with Crippen LogP contribution in [0.4, 0.5) is 0 Å². The van der Waals surface area contributed by atoms with Gasteiger partial charge in [0.15, 0.2) is 0 Å². The number of rotatable bonds is 4. The number of carbonyl (C=O) groups excluding carboxylic acids is 1. The quantitative estimate of drug-likeness (QED) is 0.663. The minimum Gasteiger partial charge on any atom is -0.377 e. The first kappa shape index (κ1) is 10.5. The first-order valence-corrected chi connectivity index (χ1v) is 4.80. The lowest BCUT2D eigenvalue weighted by atomic mass is 10.3. The number of nitrogens with one attached hydrogen (secondary N) is 1. The van der Waals surface area contributed by atoms with Crippen molar-refractivity contribution in [3.63, 3.8) is 0 Å². The molecule has 1 rings (SSSR count). The highest BCUT2D eigenvalue weighted by Crippen LogP contribution is 1.95. The van der Waals surface area contributed by atoms with Crippen LogP contribution >= 0.6 is 0 Å². The van der Waals surface area contributed by atoms with Gasteiger partial charge in [-0.25, -0.2) is 0 Å². The molecule has 1 heterocycles. The summed E-state index contributed by atoms with van der Waals surface area (Å²) in [6.07, 6.45) is 0.248. The molecule has 0 saturated carbocycles. The van der Waals surface area contributed by atoms with Crippen LogP contribution in [0.2, 0.25) is 0 Å². The number of hydrogen-bond donors (Lipinski definition) is 1. The van der Waals surface area contributed by atoms with Crippen LogP contribution in [0.5, 0.6) is 0 Å². The Morgan fingerprint density at radius 1 is 1.62 bits per heavy atom. The van der Waals surface area contributed by atoms with Crippen LogP contribution in [0, 0.1) is 0 Å². The summed E-state index contributed by atoms with van der Waals surface area (Å²) in [6, 6.07) is 0. The molecule has 0 radical (unpaired) electrons. The molecular weight excluding hydrogens is 168 g/mol. The Hall–Kier alpha value is -0.610. The van der Waals surface area contributed by atoms with Gasteiger partial charge in [0.1, 0.15) is 0 Å². The zero-order valence-electron chi connectivity index (χ0n) is 8.38. The molecule has 1 N–H and O–H groups in total. The topological polar surface area (TPSA) is 41.6 Å². The fourth-order valence-electron chi connectivity index (χ4n) is 1.28. The van der Waals surface area contributed by atoms with Gasteiger partial charge in [0.05, 0.1) is 19.3 Å². The molecule has 0 atom stereocenters. The van der Waals surface area contributed by atoms with Crippen LogP contribution in [-0.4, -0.2) is 49.7 Å². The molecule has 0 aromatic carbocycles. The van der Waals surface area contributed by atoms with E-state index in [0.717, 1.165) is 19.6 Å². The number of hydrogen-bond acceptors (Lipinski definition) is 3. The fourth-order valence-corrected chi connectivity index (χ4v) is 1.28. The van der Waals surface area contributed by atoms with Crippen LogP contribution < -0.4 is 5.32 Å². The monoisotopic (exact) mass is 186 g/mol. The normalized spacial score (nSPS) is 18.4. The van der Waals surface area contributed by atoms with E-state index in [2.05, 4.69) is 5.32 Å². The third-order valence-electron chi connectivity index (χ3n) is 2.00. The Bertz CT molecular complexity index is 171. The summed E-state index contributed by atoms with van der Waals surface area (Å²) in [5, 5.41) is 3.03. The third kappa shape index (κ3) is 3.74. The van der Waals surface area contributed by atoms with Gasteiger partial charge >= 0.3 is 0 Å². The Kier molecular flexibility index (Phi) is 4.18. The van der Waals surface area contributed by atoms with Gasteiger partial charge in [0, 0.05) is 19.6 Å². The van der Waals surface area contributed by atoms with Gasteiger partial charge in [-0.15, -0.1) is 0 Å². The predicted octanol–water partition coefficient (Wildman–Crippen LogP) is -0.157. The highest BCUT2D eigenvalue weighted by Gasteiger charge is 2.16. The van der Waals surface area contributed by atoms with Gasteiger partial charge in [-0.2, -0.15) is 0 Å². The van der Waals surface area contributed by atoms with Gasteiger partial charge < -0.3 is 15.0 Å². The van der Waals surface area contributed by atoms with Gasteiger partial charge in [0.25, 0.3) is 0 Å². The highest BCUT2D eigenvalue weighted by atomic mass is 16.5. The molecule has 0 aliphatic carbocycles. The fraction of sp³-hybridized carbons (Fsp3) is 0.889. The zero-order chi connectivity index (χ0) is 9.68. The van der Waals surface area contributed by atoms with Crippen molar-refractivity contribution in [2.45, 2.75) is 20.0 Å². The van der Waals surface area contributed by atoms with Crippen LogP contribution in [0.3, 0.4) is 0 Å². The minimum absolute atomic E-state index is 0.179. The second-order valence-corrected chi connectivity index (χ2v) is 3.48. The molecular formula is C9H18N2O2. The average molecular weight is 186 g/mol. The molecule has 4 heteroatoms. The van der Waals surface area contributed by atoms with E-state index in [9.17, 15) is 4.79 Å². The second-order valence-electron chi connectivity index (χ2n) is 3.48. The number of nitrogens with zero attached hydrogens (tertiary/aromatic N) is 1. The lowest BCUT2D eigenvalue weighted by Gasteiger charge is -2.27. The minimum atomic E-state index is 0.179. The summed E-state index contributed by atoms with van der Waals surface area (Å²) in [7, 11) is 0. The molecule has 13 heavy (non-hydrogen) atoms. The smallest absolute Gasteiger partial charge is 0.236 e. The molecule has 0 bridgehead atoms. The van der Waals surface area contributed by atoms with E-state index in [4.69, 9.17) is 4.74 Å². The number of piperazine rings is 1. The van der Waals surface area contributed by atoms with Crippen LogP contribution in [0.1, 0.15) is 13.8 Å². The molecule has 0 aromatic rings. The van der Waals surface area contributed by atoms with Crippen molar-refractivity contribution in [1.82, 2.24) is 10.2 Å². The van der Waals surface area contributed by atoms with E-state index >= 15 is 0 Å². The summed E-state index contributed by atoms with van der Waals surface area (Å²) in [5.41, 5.74) is 0. The van der Waals surface area contributed by atoms with E-state index in [0.29, 0.717) is 13.2 Å². The molecule has 76 valence electrons. The number of amides is 1. The van der Waals surface area contributed by atoms with Gasteiger partial charge in [0.2, 0.25) is 5.91 Å². The maximum Gasteiger partial charge on any atom is 0.236 e. The molecule has 0 aromatic heterocycles. The lowest BCUT2D eigenvalue weighted by molar-refractivity contribution is -0.132. The van der Waals surface area contributed by atoms with Crippen molar-refractivity contribution in [2.75, 3.05) is 32.8 Å². The SMILES string of the molecule is CC(C)OCCN1CCNCC1=O. The molecule has 1 saturated heterocycles. The molecule has 0 unspecified atom stereocenters. The molecule has 1 amide bonds. The predicted molar refractivity (Wildman–Crippen MR) is 50.5 cm³/mol. The van der Waals surface area contributed by atoms with E-state index in [1.54, 1.807) is 0 Å². The van der Waals surface area contributed by atoms with Crippen molar-refractivity contribution >= 4 is 5.91 Å². The standard InChI is InChI=1S/C9H18N2O2/c1-8(2)13-6-5-11-4-3-10-7-9(11)12/h8,10H,3-7H2,1-2H3. The van der Waals surface area contributed by atoms with E-state index in [-0.39, 0.29) is 12.0 Å². The largest absolute Gasteiger partial charge is 0.377 e. The van der Waals surface area contributed by atoms with Gasteiger partial charge in [-0.3, -0.25) is 4.79 Å². The maximum atomic E-state index is 11.3. The number of ether oxygens (including phenoxy) is 1. The summed E-state index contributed by atoms with van der Waals surface area (Å²) >= 11 is 0. The van der Waals surface area contributed by atoms with E-state index < -0.39 is 0 Å². The Labute approximate surface area is 79.2 Å². The van der Waals surface area contributed by atoms with Crippen molar-refractivity contribution in [1.29, 1.82) is 0 Å². The summed E-state index contributed by atoms with van der Waals surface area (Å²) in [5.74, 6) is 0.179. The first-order chi connectivity index (χ1) is 6.20. The van der Waals surface area contributed by atoms with Crippen molar-refractivity contribution in [2.24, 2.45) is 0 Å². The molecule has 0 spiro atoms. The lowest BCUT2D eigenvalue weighted by Crippen LogP contribution is -2.49. The average Bonchev–Trinajstić information content (AvgIpc) is 2.08. The summed E-state index contributed by atoms with van der Waals surface area (Å²) < 4.78 is 5.38. The summed E-state index contributed by atoms with van der Waals surface area (Å²) in [4.78, 5) is 13.1. The van der Waals surface area contributed by atoms with Gasteiger partial charge in [-0.1, -0.05) is 0 Å². The van der Waals surface area contributed by atoms with Crippen molar-refractivity contribution < 1.29 is 9.53 Å². The molecule has 1 aliphatic heterocycles. The number of carbonyl (C=O) groups is 1. The Balaban J connectivity index is 2.15. The zero-order valence-corrected chi connectivity index (χ0v) is 8.38. The summed E-state index contributed by atoms with van der Waals surface area (Å²) in [6.45, 7) is 7.54. The van der Waals surface area contributed by atoms with Crippen LogP contribution in [0.25, 0.3) is 0 Å². The van der Waals surface area contributed by atoms with Crippen molar-refractivity contribution in [3.05, 3.63) is 0 Å². The molecule has 4 nitrogen and oxygen atoms in total. The van der Waals surface area contributed by atoms with Crippen LogP contribution in [-0.2, 0) is 9.53 Å².